The summed E-state index contributed by atoms with van der Waals surface area (Å²) in [4.78, 5) is 21.7. The molecule has 5 heteroatoms. The highest BCUT2D eigenvalue weighted by molar-refractivity contribution is 5.80. The molecule has 0 fully saturated rings. The van der Waals surface area contributed by atoms with Crippen molar-refractivity contribution in [1.29, 1.82) is 0 Å². The number of carboxylic acids is 1. The van der Waals surface area contributed by atoms with E-state index in [9.17, 15) is 9.59 Å². The molecule has 2 N–H and O–H groups in total. The lowest BCUT2D eigenvalue weighted by atomic mass is 10.1. The summed E-state index contributed by atoms with van der Waals surface area (Å²) in [7, 11) is 0. The van der Waals surface area contributed by atoms with Crippen molar-refractivity contribution < 1.29 is 19.4 Å². The third kappa shape index (κ3) is 4.69. The quantitative estimate of drug-likeness (QED) is 0.704. The van der Waals surface area contributed by atoms with Crippen LogP contribution in [0.1, 0.15) is 27.2 Å². The molecule has 14 heavy (non-hydrogen) atoms. The van der Waals surface area contributed by atoms with Crippen molar-refractivity contribution in [2.45, 2.75) is 33.2 Å². The predicted octanol–water partition coefficient (Wildman–Crippen LogP) is 1.23. The summed E-state index contributed by atoms with van der Waals surface area (Å²) in [6.07, 6.45) is 0.0419. The average Bonchev–Trinajstić information content (AvgIpc) is 2.09. The van der Waals surface area contributed by atoms with E-state index in [1.807, 2.05) is 6.92 Å². The number of alkyl carbamates (subject to hydrolysis) is 1. The molecular weight excluding hydrogens is 186 g/mol. The van der Waals surface area contributed by atoms with Crippen LogP contribution in [-0.2, 0) is 9.53 Å². The highest BCUT2D eigenvalue weighted by Crippen LogP contribution is 2.01. The molecule has 5 nitrogen and oxygen atoms in total. The van der Waals surface area contributed by atoms with Crippen LogP contribution in [0.25, 0.3) is 0 Å². The molecule has 0 aliphatic carbocycles. The summed E-state index contributed by atoms with van der Waals surface area (Å²) < 4.78 is 4.71. The second-order valence-electron chi connectivity index (χ2n) is 3.34. The first-order chi connectivity index (χ1) is 6.49. The van der Waals surface area contributed by atoms with Crippen molar-refractivity contribution in [3.63, 3.8) is 0 Å². The normalized spacial score (nSPS) is 12.3. The van der Waals surface area contributed by atoms with Gasteiger partial charge in [-0.25, -0.2) is 9.59 Å². The van der Waals surface area contributed by atoms with E-state index in [4.69, 9.17) is 9.84 Å². The van der Waals surface area contributed by atoms with E-state index < -0.39 is 18.1 Å². The van der Waals surface area contributed by atoms with Gasteiger partial charge in [0, 0.05) is 0 Å². The Kier molecular flexibility index (Phi) is 5.67. The van der Waals surface area contributed by atoms with Gasteiger partial charge in [0.1, 0.15) is 6.04 Å². The summed E-state index contributed by atoms with van der Waals surface area (Å²) in [6.45, 7) is 5.61. The number of ether oxygens (including phenoxy) is 1. The Morgan fingerprint density at radius 1 is 1.43 bits per heavy atom. The van der Waals surface area contributed by atoms with Crippen molar-refractivity contribution in [2.75, 3.05) is 6.61 Å². The molecule has 0 saturated carbocycles. The monoisotopic (exact) mass is 203 g/mol. The number of carbonyl (C=O) groups excluding carboxylic acids is 1. The predicted molar refractivity (Wildman–Crippen MR) is 51.0 cm³/mol. The van der Waals surface area contributed by atoms with E-state index >= 15 is 0 Å². The molecule has 0 heterocycles. The van der Waals surface area contributed by atoms with Crippen LogP contribution in [0.15, 0.2) is 0 Å². The zero-order chi connectivity index (χ0) is 11.1. The van der Waals surface area contributed by atoms with E-state index in [0.717, 1.165) is 0 Å². The van der Waals surface area contributed by atoms with Crippen LogP contribution in [-0.4, -0.2) is 29.8 Å². The van der Waals surface area contributed by atoms with Crippen LogP contribution in [0.3, 0.4) is 0 Å². The summed E-state index contributed by atoms with van der Waals surface area (Å²) in [5.74, 6) is -1.21. The van der Waals surface area contributed by atoms with Crippen molar-refractivity contribution >= 4 is 12.1 Å². The van der Waals surface area contributed by atoms with Gasteiger partial charge in [0.15, 0.2) is 0 Å². The first-order valence-electron chi connectivity index (χ1n) is 4.65. The Morgan fingerprint density at radius 2 is 2.00 bits per heavy atom. The number of hydrogen-bond donors (Lipinski definition) is 2. The van der Waals surface area contributed by atoms with Gasteiger partial charge in [-0.15, -0.1) is 0 Å². The van der Waals surface area contributed by atoms with Crippen LogP contribution in [0.5, 0.6) is 0 Å². The minimum absolute atomic E-state index is 0.165. The third-order valence-electron chi connectivity index (χ3n) is 1.64. The van der Waals surface area contributed by atoms with Gasteiger partial charge < -0.3 is 15.2 Å². The van der Waals surface area contributed by atoms with Crippen LogP contribution < -0.4 is 5.32 Å². The number of hydrogen-bond acceptors (Lipinski definition) is 3. The van der Waals surface area contributed by atoms with Gasteiger partial charge in [0.2, 0.25) is 0 Å². The van der Waals surface area contributed by atoms with Gasteiger partial charge in [-0.3, -0.25) is 0 Å². The van der Waals surface area contributed by atoms with Crippen molar-refractivity contribution in [2.24, 2.45) is 5.92 Å². The second kappa shape index (κ2) is 6.23. The maximum atomic E-state index is 11.0. The van der Waals surface area contributed by atoms with Crippen molar-refractivity contribution in [1.82, 2.24) is 5.32 Å². The minimum atomic E-state index is -1.05. The fraction of sp³-hybridized carbons (Fsp3) is 0.778. The highest BCUT2D eigenvalue weighted by Gasteiger charge is 2.23. The van der Waals surface area contributed by atoms with Gasteiger partial charge in [-0.2, -0.15) is 0 Å². The summed E-state index contributed by atoms with van der Waals surface area (Å²) in [6, 6.07) is -0.889. The molecule has 0 rings (SSSR count). The van der Waals surface area contributed by atoms with Crippen LogP contribution in [0.4, 0.5) is 4.79 Å². The molecule has 0 bridgehead atoms. The minimum Gasteiger partial charge on any atom is -0.480 e. The summed E-state index contributed by atoms with van der Waals surface area (Å²) in [5, 5.41) is 11.0. The largest absolute Gasteiger partial charge is 0.480 e. The maximum Gasteiger partial charge on any atom is 0.407 e. The lowest BCUT2D eigenvalue weighted by Crippen LogP contribution is -2.44. The average molecular weight is 203 g/mol. The Bertz CT molecular complexity index is 203. The second-order valence-corrected chi connectivity index (χ2v) is 3.34. The number of amides is 1. The Hall–Kier alpha value is -1.26. The fourth-order valence-electron chi connectivity index (χ4n) is 0.877. The van der Waals surface area contributed by atoms with E-state index in [0.29, 0.717) is 13.0 Å². The molecule has 0 aliphatic heterocycles. The van der Waals surface area contributed by atoms with Crippen molar-refractivity contribution in [3.05, 3.63) is 0 Å². The first kappa shape index (κ1) is 12.7. The zero-order valence-corrected chi connectivity index (χ0v) is 8.74. The molecule has 0 saturated heterocycles. The number of aliphatic carboxylic acids is 1. The Morgan fingerprint density at radius 3 is 2.36 bits per heavy atom. The van der Waals surface area contributed by atoms with E-state index in [1.165, 1.54) is 0 Å². The van der Waals surface area contributed by atoms with Gasteiger partial charge in [0.25, 0.3) is 0 Å². The highest BCUT2D eigenvalue weighted by atomic mass is 16.5. The summed E-state index contributed by atoms with van der Waals surface area (Å²) in [5.41, 5.74) is 0. The smallest absolute Gasteiger partial charge is 0.407 e. The topological polar surface area (TPSA) is 75.6 Å². The molecular formula is C9H17NO4. The van der Waals surface area contributed by atoms with Crippen LogP contribution in [0, 0.1) is 5.92 Å². The standard InChI is InChI=1S/C9H17NO4/c1-4-5-14-9(13)10-7(6(2)3)8(11)12/h6-7H,4-5H2,1-3H3,(H,10,13)(H,11,12)/t7-/m0/s1. The third-order valence-corrected chi connectivity index (χ3v) is 1.64. The van der Waals surface area contributed by atoms with Crippen molar-refractivity contribution in [3.8, 4) is 0 Å². The molecule has 1 atom stereocenters. The molecule has 0 radical (unpaired) electrons. The molecule has 0 aliphatic rings. The first-order valence-corrected chi connectivity index (χ1v) is 4.65. The van der Waals surface area contributed by atoms with Gasteiger partial charge >= 0.3 is 12.1 Å². The Labute approximate surface area is 83.4 Å². The maximum absolute atomic E-state index is 11.0. The van der Waals surface area contributed by atoms with E-state index in [2.05, 4.69) is 5.32 Å². The number of rotatable bonds is 5. The Balaban J connectivity index is 4.04. The van der Waals surface area contributed by atoms with Gasteiger partial charge in [0.05, 0.1) is 6.61 Å². The molecule has 0 spiro atoms. The lowest BCUT2D eigenvalue weighted by molar-refractivity contribution is -0.140. The van der Waals surface area contributed by atoms with E-state index in [1.54, 1.807) is 13.8 Å². The lowest BCUT2D eigenvalue weighted by Gasteiger charge is -2.17. The number of carboxylic acid groups (broad SMARTS) is 1. The van der Waals surface area contributed by atoms with E-state index in [-0.39, 0.29) is 5.92 Å². The molecule has 0 aromatic carbocycles. The number of carbonyl (C=O) groups is 2. The van der Waals surface area contributed by atoms with Crippen LogP contribution >= 0.6 is 0 Å². The molecule has 82 valence electrons. The molecule has 0 aromatic rings. The molecule has 1 amide bonds. The fourth-order valence-corrected chi connectivity index (χ4v) is 0.877. The molecule has 0 aromatic heterocycles. The number of nitrogens with one attached hydrogen (secondary N) is 1. The summed E-state index contributed by atoms with van der Waals surface area (Å²) >= 11 is 0. The molecule has 0 unspecified atom stereocenters. The van der Waals surface area contributed by atoms with Crippen LogP contribution in [0.2, 0.25) is 0 Å². The zero-order valence-electron chi connectivity index (χ0n) is 8.74. The van der Waals surface area contributed by atoms with Gasteiger partial charge in [-0.05, 0) is 12.3 Å². The SMILES string of the molecule is CCCOC(=O)N[C@H](C(=O)O)C(C)C. The van der Waals surface area contributed by atoms with Gasteiger partial charge in [-0.1, -0.05) is 20.8 Å².